The summed E-state index contributed by atoms with van der Waals surface area (Å²) in [7, 11) is -3.22. The van der Waals surface area contributed by atoms with Crippen LogP contribution < -0.4 is 4.72 Å². The zero-order valence-corrected chi connectivity index (χ0v) is 13.1. The van der Waals surface area contributed by atoms with Crippen molar-refractivity contribution in [3.8, 4) is 0 Å². The van der Waals surface area contributed by atoms with Crippen LogP contribution >= 0.6 is 0 Å². The first kappa shape index (κ1) is 14.2. The van der Waals surface area contributed by atoms with Gasteiger partial charge in [0.1, 0.15) is 5.82 Å². The Morgan fingerprint density at radius 2 is 2.00 bits per heavy atom. The summed E-state index contributed by atoms with van der Waals surface area (Å²) >= 11 is 0. The van der Waals surface area contributed by atoms with E-state index < -0.39 is 10.0 Å². The second-order valence-electron chi connectivity index (χ2n) is 6.37. The van der Waals surface area contributed by atoms with Gasteiger partial charge in [0.2, 0.25) is 10.0 Å². The quantitative estimate of drug-likeness (QED) is 0.919. The summed E-state index contributed by atoms with van der Waals surface area (Å²) in [6.07, 6.45) is 6.96. The van der Waals surface area contributed by atoms with Crippen LogP contribution in [0.5, 0.6) is 0 Å². The molecule has 1 aromatic heterocycles. The summed E-state index contributed by atoms with van der Waals surface area (Å²) in [6.45, 7) is 0.235. The van der Waals surface area contributed by atoms with Crippen LogP contribution in [0.2, 0.25) is 0 Å². The van der Waals surface area contributed by atoms with Gasteiger partial charge in [-0.25, -0.2) is 17.5 Å². The molecule has 6 heteroatoms. The third kappa shape index (κ3) is 2.44. The predicted octanol–water partition coefficient (Wildman–Crippen LogP) is 3.09. The van der Waals surface area contributed by atoms with Crippen molar-refractivity contribution < 1.29 is 12.8 Å². The van der Waals surface area contributed by atoms with Crippen molar-refractivity contribution in [3.63, 3.8) is 0 Å². The Hall–Kier alpha value is -1.40. The normalized spacial score (nSPS) is 19.5. The van der Waals surface area contributed by atoms with E-state index in [9.17, 15) is 12.8 Å². The lowest BCUT2D eigenvalue weighted by atomic mass is 9.93. The van der Waals surface area contributed by atoms with E-state index in [1.807, 2.05) is 6.20 Å². The van der Waals surface area contributed by atoms with Crippen LogP contribution in [0.15, 0.2) is 24.4 Å². The molecule has 0 amide bonds. The first-order valence-corrected chi connectivity index (χ1v) is 9.37. The number of hydrogen-bond donors (Lipinski definition) is 1. The molecule has 2 aliphatic carbocycles. The molecule has 1 N–H and O–H groups in total. The molecule has 22 heavy (non-hydrogen) atoms. The Labute approximate surface area is 129 Å². The lowest BCUT2D eigenvalue weighted by Gasteiger charge is -2.28. The molecule has 2 aliphatic rings. The standard InChI is InChI=1S/C16H19FN2O2S/c17-12-4-7-16-15(8-12)11(10-19(16)13-2-1-3-13)9-18-22(20,21)14-5-6-14/h4,7-8,10,13-14,18H,1-3,5-6,9H2. The van der Waals surface area contributed by atoms with E-state index in [1.54, 1.807) is 6.07 Å². The second kappa shape index (κ2) is 5.06. The third-order valence-corrected chi connectivity index (χ3v) is 6.67. The van der Waals surface area contributed by atoms with Gasteiger partial charge < -0.3 is 4.57 Å². The van der Waals surface area contributed by atoms with Crippen LogP contribution in [0.25, 0.3) is 10.9 Å². The fourth-order valence-corrected chi connectivity index (χ4v) is 4.43. The van der Waals surface area contributed by atoms with Gasteiger partial charge in [0.15, 0.2) is 0 Å². The largest absolute Gasteiger partial charge is 0.344 e. The highest BCUT2D eigenvalue weighted by Crippen LogP contribution is 2.36. The summed E-state index contributed by atoms with van der Waals surface area (Å²) in [4.78, 5) is 0. The van der Waals surface area contributed by atoms with E-state index in [0.717, 1.165) is 42.1 Å². The van der Waals surface area contributed by atoms with Gasteiger partial charge in [-0.3, -0.25) is 0 Å². The fraction of sp³-hybridized carbons (Fsp3) is 0.500. The first-order valence-electron chi connectivity index (χ1n) is 7.82. The molecule has 4 rings (SSSR count). The number of hydrogen-bond acceptors (Lipinski definition) is 2. The van der Waals surface area contributed by atoms with Crippen LogP contribution in [-0.2, 0) is 16.6 Å². The number of rotatable bonds is 5. The Morgan fingerprint density at radius 3 is 2.64 bits per heavy atom. The molecular weight excluding hydrogens is 303 g/mol. The van der Waals surface area contributed by atoms with E-state index in [0.29, 0.717) is 6.04 Å². The fourth-order valence-electron chi connectivity index (χ4n) is 3.08. The summed E-state index contributed by atoms with van der Waals surface area (Å²) in [6, 6.07) is 5.23. The molecule has 0 saturated heterocycles. The smallest absolute Gasteiger partial charge is 0.214 e. The SMILES string of the molecule is O=S(=O)(NCc1cn(C2CCC2)c2ccc(F)cc12)C1CC1. The highest BCUT2D eigenvalue weighted by atomic mass is 32.2. The molecule has 2 aromatic rings. The third-order valence-electron chi connectivity index (χ3n) is 4.77. The van der Waals surface area contributed by atoms with Crippen LogP contribution in [0.1, 0.15) is 43.7 Å². The summed E-state index contributed by atoms with van der Waals surface area (Å²) in [5.41, 5.74) is 1.84. The monoisotopic (exact) mass is 322 g/mol. The minimum absolute atomic E-state index is 0.232. The number of aromatic nitrogens is 1. The molecule has 2 fully saturated rings. The number of sulfonamides is 1. The van der Waals surface area contributed by atoms with E-state index in [-0.39, 0.29) is 17.6 Å². The van der Waals surface area contributed by atoms with Crippen LogP contribution in [0.4, 0.5) is 4.39 Å². The Kier molecular flexibility index (Phi) is 3.27. The highest BCUT2D eigenvalue weighted by Gasteiger charge is 2.35. The molecule has 118 valence electrons. The number of nitrogens with one attached hydrogen (secondary N) is 1. The van der Waals surface area contributed by atoms with Crippen molar-refractivity contribution in [2.75, 3.05) is 0 Å². The average Bonchev–Trinajstić information content (AvgIpc) is 3.21. The van der Waals surface area contributed by atoms with Crippen molar-refractivity contribution in [2.24, 2.45) is 0 Å². The second-order valence-corrected chi connectivity index (χ2v) is 8.42. The van der Waals surface area contributed by atoms with E-state index in [2.05, 4.69) is 9.29 Å². The van der Waals surface area contributed by atoms with Gasteiger partial charge in [-0.2, -0.15) is 0 Å². The summed E-state index contributed by atoms with van der Waals surface area (Å²) in [5, 5.41) is 0.578. The van der Waals surface area contributed by atoms with Crippen LogP contribution in [-0.4, -0.2) is 18.2 Å². The van der Waals surface area contributed by atoms with Crippen molar-refractivity contribution in [1.29, 1.82) is 0 Å². The zero-order valence-electron chi connectivity index (χ0n) is 12.3. The molecule has 1 aromatic carbocycles. The number of halogens is 1. The van der Waals surface area contributed by atoms with Crippen molar-refractivity contribution in [1.82, 2.24) is 9.29 Å². The van der Waals surface area contributed by atoms with Crippen molar-refractivity contribution in [3.05, 3.63) is 35.8 Å². The van der Waals surface area contributed by atoms with Crippen LogP contribution in [0.3, 0.4) is 0 Å². The zero-order chi connectivity index (χ0) is 15.3. The van der Waals surface area contributed by atoms with Crippen molar-refractivity contribution >= 4 is 20.9 Å². The topological polar surface area (TPSA) is 51.1 Å². The predicted molar refractivity (Wildman–Crippen MR) is 83.6 cm³/mol. The number of fused-ring (bicyclic) bond motifs is 1. The molecular formula is C16H19FN2O2S. The van der Waals surface area contributed by atoms with Crippen molar-refractivity contribution in [2.45, 2.75) is 49.9 Å². The van der Waals surface area contributed by atoms with E-state index in [1.165, 1.54) is 18.6 Å². The molecule has 0 unspecified atom stereocenters. The molecule has 0 radical (unpaired) electrons. The van der Waals surface area contributed by atoms with E-state index >= 15 is 0 Å². The average molecular weight is 322 g/mol. The van der Waals surface area contributed by atoms with Gasteiger partial charge in [-0.15, -0.1) is 0 Å². The molecule has 0 aliphatic heterocycles. The first-order chi connectivity index (χ1) is 10.5. The Balaban J connectivity index is 1.68. The molecule has 2 saturated carbocycles. The minimum Gasteiger partial charge on any atom is -0.344 e. The number of benzene rings is 1. The maximum Gasteiger partial charge on any atom is 0.214 e. The van der Waals surface area contributed by atoms with Gasteiger partial charge in [0.05, 0.1) is 5.25 Å². The van der Waals surface area contributed by atoms with Gasteiger partial charge in [-0.1, -0.05) is 0 Å². The molecule has 1 heterocycles. The lowest BCUT2D eigenvalue weighted by molar-refractivity contribution is 0.321. The maximum atomic E-state index is 13.6. The Bertz CT molecular complexity index is 820. The van der Waals surface area contributed by atoms with Crippen LogP contribution in [0, 0.1) is 5.82 Å². The van der Waals surface area contributed by atoms with Gasteiger partial charge in [0.25, 0.3) is 0 Å². The summed E-state index contributed by atoms with van der Waals surface area (Å²) in [5.74, 6) is -0.287. The highest BCUT2D eigenvalue weighted by molar-refractivity contribution is 7.90. The molecule has 0 atom stereocenters. The lowest BCUT2D eigenvalue weighted by Crippen LogP contribution is -2.26. The minimum atomic E-state index is -3.22. The van der Waals surface area contributed by atoms with Gasteiger partial charge in [-0.05, 0) is 55.9 Å². The molecule has 0 spiro atoms. The van der Waals surface area contributed by atoms with E-state index in [4.69, 9.17) is 0 Å². The molecule has 0 bridgehead atoms. The maximum absolute atomic E-state index is 13.6. The Morgan fingerprint density at radius 1 is 1.23 bits per heavy atom. The van der Waals surface area contributed by atoms with Gasteiger partial charge in [0, 0.05) is 29.7 Å². The number of nitrogens with zero attached hydrogens (tertiary/aromatic N) is 1. The van der Waals surface area contributed by atoms with Gasteiger partial charge >= 0.3 is 0 Å². The summed E-state index contributed by atoms with van der Waals surface area (Å²) < 4.78 is 42.4. The molecule has 4 nitrogen and oxygen atoms in total.